The molecule has 2 heterocycles. The molecule has 0 spiro atoms. The summed E-state index contributed by atoms with van der Waals surface area (Å²) in [6.07, 6.45) is -1.08. The first-order valence-corrected chi connectivity index (χ1v) is 10.1. The fourth-order valence-electron chi connectivity index (χ4n) is 3.02. The third-order valence-electron chi connectivity index (χ3n) is 4.52. The minimum Gasteiger partial charge on any atom is -0.482 e. The maximum atomic E-state index is 12.7. The fourth-order valence-corrected chi connectivity index (χ4v) is 4.34. The van der Waals surface area contributed by atoms with Gasteiger partial charge in [0.15, 0.2) is 11.5 Å². The molecule has 3 aromatic rings. The molecule has 1 aliphatic rings. The van der Waals surface area contributed by atoms with E-state index in [4.69, 9.17) is 21.1 Å². The van der Waals surface area contributed by atoms with Crippen molar-refractivity contribution in [2.45, 2.75) is 32.6 Å². The van der Waals surface area contributed by atoms with Gasteiger partial charge in [-0.1, -0.05) is 41.9 Å². The molecule has 2 aromatic carbocycles. The van der Waals surface area contributed by atoms with Crippen LogP contribution in [0, 0.1) is 6.92 Å². The number of aryl methyl sites for hydroxylation is 1. The molecule has 1 aromatic heterocycles. The smallest absolute Gasteiger partial charge is 0.265 e. The molecule has 28 heavy (non-hydrogen) atoms. The van der Waals surface area contributed by atoms with Gasteiger partial charge in [-0.2, -0.15) is 0 Å². The average Bonchev–Trinajstić information content (AvgIpc) is 3.06. The van der Waals surface area contributed by atoms with E-state index >= 15 is 0 Å². The number of amides is 1. The van der Waals surface area contributed by atoms with Crippen LogP contribution in [0.5, 0.6) is 11.5 Å². The zero-order chi connectivity index (χ0) is 19.7. The van der Waals surface area contributed by atoms with Gasteiger partial charge in [-0.05, 0) is 32.0 Å². The molecule has 0 bridgehead atoms. The number of fused-ring (bicyclic) bond motifs is 1. The van der Waals surface area contributed by atoms with Gasteiger partial charge in [0.1, 0.15) is 11.1 Å². The number of ether oxygens (including phenoxy) is 2. The second kappa shape index (κ2) is 7.81. The number of nitrogens with one attached hydrogen (secondary N) is 1. The Morgan fingerprint density at radius 3 is 2.57 bits per heavy atom. The highest BCUT2D eigenvalue weighted by molar-refractivity contribution is 7.15. The maximum Gasteiger partial charge on any atom is 0.265 e. The summed E-state index contributed by atoms with van der Waals surface area (Å²) in [6.45, 7) is 4.13. The fraction of sp³-hybridized carbons (Fsp3) is 0.238. The van der Waals surface area contributed by atoms with Gasteiger partial charge in [0, 0.05) is 10.4 Å². The van der Waals surface area contributed by atoms with Crippen molar-refractivity contribution in [1.29, 1.82) is 0 Å². The van der Waals surface area contributed by atoms with Crippen molar-refractivity contribution in [1.82, 2.24) is 10.3 Å². The van der Waals surface area contributed by atoms with Gasteiger partial charge in [0.2, 0.25) is 6.10 Å². The highest BCUT2D eigenvalue weighted by Gasteiger charge is 2.34. The Bertz CT molecular complexity index is 1020. The molecule has 1 N–H and O–H groups in total. The van der Waals surface area contributed by atoms with Crippen LogP contribution in [0.1, 0.15) is 17.5 Å². The van der Waals surface area contributed by atoms with E-state index in [9.17, 15) is 4.79 Å². The third-order valence-corrected chi connectivity index (χ3v) is 6.04. The molecule has 0 saturated heterocycles. The Hall–Kier alpha value is -2.57. The summed E-state index contributed by atoms with van der Waals surface area (Å²) in [4.78, 5) is 18.3. The first-order chi connectivity index (χ1) is 13.5. The minimum absolute atomic E-state index is 0.214. The van der Waals surface area contributed by atoms with Gasteiger partial charge in [-0.15, -0.1) is 11.3 Å². The molecule has 2 atom stereocenters. The highest BCUT2D eigenvalue weighted by Crippen LogP contribution is 2.34. The number of carbonyl (C=O) groups excluding carboxylic acids is 1. The molecule has 5 nitrogen and oxygen atoms in total. The monoisotopic (exact) mass is 414 g/mol. The van der Waals surface area contributed by atoms with Crippen LogP contribution in [0.3, 0.4) is 0 Å². The van der Waals surface area contributed by atoms with Crippen LogP contribution in [0.4, 0.5) is 0 Å². The Kier molecular flexibility index (Phi) is 5.24. The van der Waals surface area contributed by atoms with Crippen LogP contribution in [0.2, 0.25) is 5.02 Å². The molecular weight excluding hydrogens is 396 g/mol. The van der Waals surface area contributed by atoms with Gasteiger partial charge < -0.3 is 14.8 Å². The van der Waals surface area contributed by atoms with Gasteiger partial charge >= 0.3 is 0 Å². The van der Waals surface area contributed by atoms with Crippen LogP contribution >= 0.6 is 22.9 Å². The summed E-state index contributed by atoms with van der Waals surface area (Å²) in [6, 6.07) is 15.0. The van der Waals surface area contributed by atoms with Crippen LogP contribution in [-0.4, -0.2) is 23.1 Å². The van der Waals surface area contributed by atoms with Crippen molar-refractivity contribution in [3.05, 3.63) is 64.1 Å². The lowest BCUT2D eigenvalue weighted by Gasteiger charge is -2.30. The van der Waals surface area contributed by atoms with E-state index in [1.165, 1.54) is 11.3 Å². The van der Waals surface area contributed by atoms with E-state index < -0.39 is 6.10 Å². The molecule has 144 valence electrons. The molecular formula is C21H19ClN2O3S. The zero-order valence-corrected chi connectivity index (χ0v) is 17.0. The number of carbonyl (C=O) groups is 1. The Morgan fingerprint density at radius 2 is 1.82 bits per heavy atom. The summed E-state index contributed by atoms with van der Waals surface area (Å²) in [5, 5.41) is 4.44. The van der Waals surface area contributed by atoms with E-state index in [1.807, 2.05) is 56.3 Å². The van der Waals surface area contributed by atoms with Gasteiger partial charge in [0.25, 0.3) is 5.91 Å². The quantitative estimate of drug-likeness (QED) is 0.676. The second-order valence-corrected chi connectivity index (χ2v) is 8.02. The largest absolute Gasteiger partial charge is 0.482 e. The van der Waals surface area contributed by atoms with E-state index in [2.05, 4.69) is 10.3 Å². The standard InChI is InChI=1S/C21H19ClN2O3S/c1-12-18(28-21(24-12)14-7-3-4-8-15(14)22)11-23-20(25)19-13(2)26-16-9-5-6-10-17(16)27-19/h3-10,13,19H,11H2,1-2H3,(H,23,25)/t13-,19+/m0/s1. The molecule has 0 radical (unpaired) electrons. The minimum atomic E-state index is -0.703. The molecule has 0 unspecified atom stereocenters. The Balaban J connectivity index is 1.45. The van der Waals surface area contributed by atoms with E-state index in [-0.39, 0.29) is 12.0 Å². The third kappa shape index (κ3) is 3.70. The molecule has 0 fully saturated rings. The number of nitrogens with zero attached hydrogens (tertiary/aromatic N) is 1. The second-order valence-electron chi connectivity index (χ2n) is 6.53. The number of halogens is 1. The van der Waals surface area contributed by atoms with Crippen molar-refractivity contribution < 1.29 is 14.3 Å². The summed E-state index contributed by atoms with van der Waals surface area (Å²) >= 11 is 7.80. The molecule has 7 heteroatoms. The number of hydrogen-bond donors (Lipinski definition) is 1. The van der Waals surface area contributed by atoms with Crippen LogP contribution in [0.25, 0.3) is 10.6 Å². The molecule has 1 aliphatic heterocycles. The molecule has 0 saturated carbocycles. The Morgan fingerprint density at radius 1 is 1.14 bits per heavy atom. The van der Waals surface area contributed by atoms with Crippen molar-refractivity contribution in [2.75, 3.05) is 0 Å². The number of rotatable bonds is 4. The van der Waals surface area contributed by atoms with Gasteiger partial charge in [0.05, 0.1) is 17.3 Å². The lowest BCUT2D eigenvalue weighted by Crippen LogP contribution is -2.48. The lowest BCUT2D eigenvalue weighted by atomic mass is 10.1. The van der Waals surface area contributed by atoms with Crippen molar-refractivity contribution in [3.63, 3.8) is 0 Å². The molecule has 4 rings (SSSR count). The topological polar surface area (TPSA) is 60.5 Å². The zero-order valence-electron chi connectivity index (χ0n) is 15.4. The molecule has 0 aliphatic carbocycles. The SMILES string of the molecule is Cc1nc(-c2ccccc2Cl)sc1CNC(=O)[C@@H]1Oc2ccccc2O[C@H]1C. The van der Waals surface area contributed by atoms with E-state index in [0.717, 1.165) is 21.1 Å². The number of aromatic nitrogens is 1. The summed E-state index contributed by atoms with van der Waals surface area (Å²) in [7, 11) is 0. The average molecular weight is 415 g/mol. The van der Waals surface area contributed by atoms with Crippen molar-refractivity contribution >= 4 is 28.8 Å². The first-order valence-electron chi connectivity index (χ1n) is 8.94. The lowest BCUT2D eigenvalue weighted by molar-refractivity contribution is -0.133. The molecule has 1 amide bonds. The van der Waals surface area contributed by atoms with Crippen LogP contribution in [0.15, 0.2) is 48.5 Å². The van der Waals surface area contributed by atoms with Crippen molar-refractivity contribution in [3.8, 4) is 22.1 Å². The number of thiazole rings is 1. The number of hydrogen-bond acceptors (Lipinski definition) is 5. The predicted octanol–water partition coefficient (Wildman–Crippen LogP) is 4.62. The summed E-state index contributed by atoms with van der Waals surface area (Å²) in [5.41, 5.74) is 1.77. The normalized spacial score (nSPS) is 18.0. The van der Waals surface area contributed by atoms with Gasteiger partial charge in [-0.3, -0.25) is 4.79 Å². The maximum absolute atomic E-state index is 12.7. The van der Waals surface area contributed by atoms with E-state index in [1.54, 1.807) is 6.07 Å². The Labute approximate surface area is 172 Å². The predicted molar refractivity (Wildman–Crippen MR) is 110 cm³/mol. The number of benzene rings is 2. The van der Waals surface area contributed by atoms with Gasteiger partial charge in [-0.25, -0.2) is 4.98 Å². The van der Waals surface area contributed by atoms with Crippen molar-refractivity contribution in [2.24, 2.45) is 0 Å². The summed E-state index contributed by atoms with van der Waals surface area (Å²) in [5.74, 6) is 1.02. The highest BCUT2D eigenvalue weighted by atomic mass is 35.5. The van der Waals surface area contributed by atoms with E-state index in [0.29, 0.717) is 23.1 Å². The van der Waals surface area contributed by atoms with Crippen LogP contribution < -0.4 is 14.8 Å². The summed E-state index contributed by atoms with van der Waals surface area (Å²) < 4.78 is 11.7. The first kappa shape index (κ1) is 18.8. The van der Waals surface area contributed by atoms with Crippen LogP contribution in [-0.2, 0) is 11.3 Å². The number of para-hydroxylation sites is 2.